The lowest BCUT2D eigenvalue weighted by Crippen LogP contribution is -2.05. The molecule has 0 aromatic carbocycles. The molecule has 0 spiro atoms. The summed E-state index contributed by atoms with van der Waals surface area (Å²) in [6.07, 6.45) is -2.42. The van der Waals surface area contributed by atoms with E-state index in [4.69, 9.17) is 25.2 Å². The normalized spacial score (nSPS) is 6.71. The molecule has 8 heteroatoms. The molecule has 0 saturated heterocycles. The van der Waals surface area contributed by atoms with Crippen LogP contribution >= 0.6 is 0 Å². The molecule has 8 nitrogen and oxygen atoms in total. The Morgan fingerprint density at radius 2 is 1.12 bits per heavy atom. The van der Waals surface area contributed by atoms with E-state index in [0.29, 0.717) is 13.2 Å². The number of hydrogen-bond donors (Lipinski definition) is 4. The summed E-state index contributed by atoms with van der Waals surface area (Å²) in [7, 11) is 1.00. The maximum absolute atomic E-state index is 10.2. The first-order valence-corrected chi connectivity index (χ1v) is 4.73. The second-order valence-corrected chi connectivity index (χ2v) is 1.71. The van der Waals surface area contributed by atoms with Crippen LogP contribution in [0.4, 0.5) is 9.59 Å². The highest BCUT2D eigenvalue weighted by atomic mass is 16.7. The summed E-state index contributed by atoms with van der Waals surface area (Å²) >= 11 is 0. The van der Waals surface area contributed by atoms with Gasteiger partial charge < -0.3 is 29.9 Å². The number of carbonyl (C=O) groups is 2. The first-order valence-electron chi connectivity index (χ1n) is 4.73. The summed E-state index contributed by atoms with van der Waals surface area (Å²) in [5, 5.41) is 28.5. The maximum atomic E-state index is 10.2. The second-order valence-electron chi connectivity index (χ2n) is 1.71. The fourth-order valence-corrected chi connectivity index (χ4v) is 0.277. The van der Waals surface area contributed by atoms with Gasteiger partial charge in [0.05, 0.1) is 13.2 Å². The Kier molecular flexibility index (Phi) is 42.4. The number of carboxylic acid groups (broad SMARTS) is 2. The Morgan fingerprint density at radius 3 is 1.24 bits per heavy atom. The van der Waals surface area contributed by atoms with Crippen molar-refractivity contribution in [3.05, 3.63) is 0 Å². The van der Waals surface area contributed by atoms with Crippen LogP contribution < -0.4 is 0 Å². The highest BCUT2D eigenvalue weighted by molar-refractivity contribution is 5.59. The fourth-order valence-electron chi connectivity index (χ4n) is 0.277. The number of hydrogen-bond acceptors (Lipinski definition) is 6. The molecule has 0 bridgehead atoms. The minimum Gasteiger partial charge on any atom is -0.450 e. The molecular weight excluding hydrogens is 236 g/mol. The maximum Gasteiger partial charge on any atom is 0.508 e. The molecule has 0 aliphatic carbocycles. The van der Waals surface area contributed by atoms with E-state index in [1.807, 2.05) is 0 Å². The third kappa shape index (κ3) is 113. The number of ether oxygens (including phenoxy) is 2. The molecule has 106 valence electrons. The van der Waals surface area contributed by atoms with Gasteiger partial charge in [0.1, 0.15) is 0 Å². The quantitative estimate of drug-likeness (QED) is 0.539. The van der Waals surface area contributed by atoms with Crippen molar-refractivity contribution in [2.24, 2.45) is 0 Å². The summed E-state index contributed by atoms with van der Waals surface area (Å²) in [4.78, 5) is 18.8. The van der Waals surface area contributed by atoms with Gasteiger partial charge in [-0.1, -0.05) is 0 Å². The third-order valence-corrected chi connectivity index (χ3v) is 0.524. The van der Waals surface area contributed by atoms with Crippen molar-refractivity contribution >= 4 is 12.3 Å². The Labute approximate surface area is 100 Å². The topological polar surface area (TPSA) is 134 Å². The van der Waals surface area contributed by atoms with E-state index in [1.165, 1.54) is 0 Å². The van der Waals surface area contributed by atoms with Crippen LogP contribution in [0.15, 0.2) is 0 Å². The lowest BCUT2D eigenvalue weighted by atomic mass is 10.8. The van der Waals surface area contributed by atoms with E-state index in [-0.39, 0.29) is 6.61 Å². The number of aliphatic hydroxyl groups is 2. The monoisotopic (exact) mass is 258 g/mol. The molecule has 0 fully saturated rings. The van der Waals surface area contributed by atoms with Gasteiger partial charge in [0.25, 0.3) is 0 Å². The zero-order chi connectivity index (χ0) is 14.7. The predicted octanol–water partition coefficient (Wildman–Crippen LogP) is 1.01. The van der Waals surface area contributed by atoms with Crippen molar-refractivity contribution in [1.29, 1.82) is 0 Å². The van der Waals surface area contributed by atoms with Gasteiger partial charge in [-0.05, 0) is 20.8 Å². The van der Waals surface area contributed by atoms with Gasteiger partial charge in [-0.3, -0.25) is 0 Å². The van der Waals surface area contributed by atoms with Crippen LogP contribution in [0, 0.1) is 0 Å². The van der Waals surface area contributed by atoms with Gasteiger partial charge in [-0.15, -0.1) is 0 Å². The molecule has 0 saturated carbocycles. The molecule has 0 heterocycles. The van der Waals surface area contributed by atoms with Crippen LogP contribution in [0.1, 0.15) is 20.8 Å². The molecule has 0 rings (SSSR count). The summed E-state index contributed by atoms with van der Waals surface area (Å²) < 4.78 is 8.84. The Morgan fingerprint density at radius 1 is 0.941 bits per heavy atom. The molecule has 0 unspecified atom stereocenters. The van der Waals surface area contributed by atoms with Gasteiger partial charge in [-0.2, -0.15) is 0 Å². The first-order chi connectivity index (χ1) is 7.95. The van der Waals surface area contributed by atoms with E-state index >= 15 is 0 Å². The lowest BCUT2D eigenvalue weighted by Gasteiger charge is -1.98. The van der Waals surface area contributed by atoms with Gasteiger partial charge >= 0.3 is 12.3 Å². The van der Waals surface area contributed by atoms with Gasteiger partial charge in [0.2, 0.25) is 0 Å². The summed E-state index contributed by atoms with van der Waals surface area (Å²) in [6.45, 7) is 6.14. The van der Waals surface area contributed by atoms with Gasteiger partial charge in [0.15, 0.2) is 0 Å². The average molecular weight is 258 g/mol. The predicted molar refractivity (Wildman–Crippen MR) is 60.2 cm³/mol. The molecule has 0 aliphatic heterocycles. The van der Waals surface area contributed by atoms with Gasteiger partial charge in [0, 0.05) is 13.7 Å². The van der Waals surface area contributed by atoms with Crippen LogP contribution in [0.25, 0.3) is 0 Å². The van der Waals surface area contributed by atoms with E-state index in [0.717, 1.165) is 7.11 Å². The molecule has 4 N–H and O–H groups in total. The summed E-state index contributed by atoms with van der Waals surface area (Å²) in [5.41, 5.74) is 0. The van der Waals surface area contributed by atoms with E-state index in [2.05, 4.69) is 9.47 Å². The van der Waals surface area contributed by atoms with Crippen LogP contribution in [0.2, 0.25) is 0 Å². The van der Waals surface area contributed by atoms with Crippen molar-refractivity contribution in [3.8, 4) is 0 Å². The summed E-state index contributed by atoms with van der Waals surface area (Å²) in [6, 6.07) is 0. The minimum atomic E-state index is -1.83. The van der Waals surface area contributed by atoms with Crippen molar-refractivity contribution in [2.45, 2.75) is 20.8 Å². The second kappa shape index (κ2) is 29.3. The first kappa shape index (κ1) is 24.6. The number of carbonyl (C=O) groups excluding carboxylic acids is 1. The molecular formula is C9H22O8. The van der Waals surface area contributed by atoms with Gasteiger partial charge in [-0.25, -0.2) is 9.59 Å². The van der Waals surface area contributed by atoms with E-state index < -0.39 is 12.3 Å². The van der Waals surface area contributed by atoms with E-state index in [9.17, 15) is 4.79 Å². The van der Waals surface area contributed by atoms with Crippen molar-refractivity contribution < 1.29 is 39.5 Å². The van der Waals surface area contributed by atoms with Crippen molar-refractivity contribution in [2.75, 3.05) is 26.9 Å². The molecule has 0 aromatic heterocycles. The highest BCUT2D eigenvalue weighted by Crippen LogP contribution is 1.81. The zero-order valence-electron chi connectivity index (χ0n) is 10.5. The van der Waals surface area contributed by atoms with E-state index in [1.54, 1.807) is 20.8 Å². The molecule has 17 heavy (non-hydrogen) atoms. The Bertz CT molecular complexity index is 136. The molecule has 0 amide bonds. The van der Waals surface area contributed by atoms with Crippen LogP contribution in [0.5, 0.6) is 0 Å². The third-order valence-electron chi connectivity index (χ3n) is 0.524. The van der Waals surface area contributed by atoms with Crippen LogP contribution in [-0.2, 0) is 9.47 Å². The molecule has 0 aliphatic rings. The molecule has 0 radical (unpaired) electrons. The smallest absolute Gasteiger partial charge is 0.450 e. The Hall–Kier alpha value is -1.54. The van der Waals surface area contributed by atoms with Crippen molar-refractivity contribution in [3.63, 3.8) is 0 Å². The minimum absolute atomic E-state index is 0.250. The van der Waals surface area contributed by atoms with Crippen LogP contribution in [0.3, 0.4) is 0 Å². The van der Waals surface area contributed by atoms with Crippen molar-refractivity contribution in [1.82, 2.24) is 0 Å². The zero-order valence-corrected chi connectivity index (χ0v) is 10.5. The highest BCUT2D eigenvalue weighted by Gasteiger charge is 1.96. The molecule has 0 atom stereocenters. The standard InChI is InChI=1S/C5H10O3.C2H6O.CH2O3.CH4O/c1-3-7-5(6)8-4-2;1-2-3;2-1(3)4;1-2/h3-4H2,1-2H3;3H,2H2,1H3;(H2,2,3,4);2H,1H3. The SMILES string of the molecule is CCO.CCOC(=O)OCC.CO.O=C(O)O. The van der Waals surface area contributed by atoms with Crippen LogP contribution in [-0.4, -0.2) is 59.7 Å². The Balaban J connectivity index is -0.0000000792. The largest absolute Gasteiger partial charge is 0.508 e. The number of rotatable bonds is 2. The lowest BCUT2D eigenvalue weighted by molar-refractivity contribution is 0.0630. The fraction of sp³-hybridized carbons (Fsp3) is 0.778. The molecule has 0 aromatic rings. The average Bonchev–Trinajstić information content (AvgIpc) is 2.22. The summed E-state index contributed by atoms with van der Waals surface area (Å²) in [5.74, 6) is 0. The number of aliphatic hydroxyl groups excluding tert-OH is 2.